The average molecular weight is 229 g/mol. The van der Waals surface area contributed by atoms with E-state index in [1.165, 1.54) is 0 Å². The van der Waals surface area contributed by atoms with Gasteiger partial charge in [0.05, 0.1) is 0 Å². The van der Waals surface area contributed by atoms with E-state index in [4.69, 9.17) is 5.11 Å². The second-order valence-electron chi connectivity index (χ2n) is 3.38. The molecular formula is C10H13ClN2O2. The summed E-state index contributed by atoms with van der Waals surface area (Å²) < 4.78 is 0. The standard InChI is InChI=1S/C10H12N2O2.ClH/c13-10(14)8-4-3-7-12(8)9-5-1-2-6-11-9;/h1-2,5-6,8H,3-4,7H2,(H,13,14);1H/t8-;/m0./s1. The molecule has 2 heterocycles. The lowest BCUT2D eigenvalue weighted by atomic mass is 10.2. The lowest BCUT2D eigenvalue weighted by Crippen LogP contribution is -2.36. The number of aromatic nitrogens is 1. The summed E-state index contributed by atoms with van der Waals surface area (Å²) in [5.74, 6) is 0.00514. The number of nitrogens with zero attached hydrogens (tertiary/aromatic N) is 2. The number of hydrogen-bond acceptors (Lipinski definition) is 3. The van der Waals surface area contributed by atoms with Crippen LogP contribution in [-0.2, 0) is 4.79 Å². The molecule has 0 amide bonds. The molecule has 2 rings (SSSR count). The molecule has 1 N–H and O–H groups in total. The fraction of sp³-hybridized carbons (Fsp3) is 0.400. The Hall–Kier alpha value is -1.29. The summed E-state index contributed by atoms with van der Waals surface area (Å²) in [5.41, 5.74) is 0. The van der Waals surface area contributed by atoms with Gasteiger partial charge in [-0.1, -0.05) is 6.07 Å². The number of carbonyl (C=O) groups is 1. The number of halogens is 1. The Morgan fingerprint density at radius 2 is 2.33 bits per heavy atom. The van der Waals surface area contributed by atoms with Crippen LogP contribution in [0.25, 0.3) is 0 Å². The SMILES string of the molecule is Cl.O=C(O)[C@@H]1CCCN1c1ccccn1. The smallest absolute Gasteiger partial charge is 0.326 e. The Kier molecular flexibility index (Phi) is 3.91. The van der Waals surface area contributed by atoms with Crippen LogP contribution in [-0.4, -0.2) is 28.6 Å². The molecular weight excluding hydrogens is 216 g/mol. The molecule has 15 heavy (non-hydrogen) atoms. The van der Waals surface area contributed by atoms with Gasteiger partial charge in [-0.15, -0.1) is 12.4 Å². The highest BCUT2D eigenvalue weighted by molar-refractivity contribution is 5.85. The van der Waals surface area contributed by atoms with Crippen LogP contribution in [0.15, 0.2) is 24.4 Å². The maximum atomic E-state index is 10.9. The van der Waals surface area contributed by atoms with E-state index in [1.807, 2.05) is 23.1 Å². The van der Waals surface area contributed by atoms with Gasteiger partial charge in [-0.3, -0.25) is 0 Å². The molecule has 0 aromatic carbocycles. The zero-order valence-corrected chi connectivity index (χ0v) is 8.98. The molecule has 1 aromatic rings. The summed E-state index contributed by atoms with van der Waals surface area (Å²) in [7, 11) is 0. The molecule has 1 fully saturated rings. The van der Waals surface area contributed by atoms with Crippen LogP contribution in [0, 0.1) is 0 Å². The average Bonchev–Trinajstić information content (AvgIpc) is 2.67. The van der Waals surface area contributed by atoms with Crippen LogP contribution < -0.4 is 4.90 Å². The number of carboxylic acid groups (broad SMARTS) is 1. The van der Waals surface area contributed by atoms with E-state index in [-0.39, 0.29) is 12.4 Å². The van der Waals surface area contributed by atoms with Crippen molar-refractivity contribution in [3.05, 3.63) is 24.4 Å². The molecule has 1 aliphatic heterocycles. The zero-order chi connectivity index (χ0) is 9.97. The molecule has 82 valence electrons. The fourth-order valence-corrected chi connectivity index (χ4v) is 1.82. The van der Waals surface area contributed by atoms with Gasteiger partial charge in [0.1, 0.15) is 11.9 Å². The van der Waals surface area contributed by atoms with Crippen LogP contribution >= 0.6 is 12.4 Å². The monoisotopic (exact) mass is 228 g/mol. The van der Waals surface area contributed by atoms with Gasteiger partial charge in [-0.05, 0) is 25.0 Å². The Bertz CT molecular complexity index is 331. The first-order valence-corrected chi connectivity index (χ1v) is 4.69. The van der Waals surface area contributed by atoms with Gasteiger partial charge >= 0.3 is 5.97 Å². The van der Waals surface area contributed by atoms with E-state index < -0.39 is 12.0 Å². The molecule has 0 spiro atoms. The first-order chi connectivity index (χ1) is 6.79. The van der Waals surface area contributed by atoms with E-state index >= 15 is 0 Å². The largest absolute Gasteiger partial charge is 0.480 e. The first-order valence-electron chi connectivity index (χ1n) is 4.69. The predicted octanol–water partition coefficient (Wildman–Crippen LogP) is 1.56. The number of anilines is 1. The molecule has 0 unspecified atom stereocenters. The van der Waals surface area contributed by atoms with Crippen LogP contribution in [0.3, 0.4) is 0 Å². The highest BCUT2D eigenvalue weighted by Crippen LogP contribution is 2.23. The molecule has 0 saturated carbocycles. The lowest BCUT2D eigenvalue weighted by Gasteiger charge is -2.21. The summed E-state index contributed by atoms with van der Waals surface area (Å²) in [6.45, 7) is 0.786. The highest BCUT2D eigenvalue weighted by atomic mass is 35.5. The van der Waals surface area contributed by atoms with Crippen molar-refractivity contribution in [2.45, 2.75) is 18.9 Å². The maximum absolute atomic E-state index is 10.9. The molecule has 0 radical (unpaired) electrons. The summed E-state index contributed by atoms with van der Waals surface area (Å²) in [4.78, 5) is 16.9. The van der Waals surface area contributed by atoms with Gasteiger partial charge < -0.3 is 10.0 Å². The summed E-state index contributed by atoms with van der Waals surface area (Å²) >= 11 is 0. The molecule has 1 atom stereocenters. The van der Waals surface area contributed by atoms with Crippen molar-refractivity contribution in [3.63, 3.8) is 0 Å². The third-order valence-electron chi connectivity index (χ3n) is 2.48. The molecule has 1 aromatic heterocycles. The van der Waals surface area contributed by atoms with Gasteiger partial charge in [0.2, 0.25) is 0 Å². The van der Waals surface area contributed by atoms with Gasteiger partial charge in [-0.2, -0.15) is 0 Å². The normalized spacial score (nSPS) is 19.7. The van der Waals surface area contributed by atoms with Crippen molar-refractivity contribution in [3.8, 4) is 0 Å². The number of carboxylic acids is 1. The Morgan fingerprint density at radius 1 is 1.53 bits per heavy atom. The topological polar surface area (TPSA) is 53.4 Å². The van der Waals surface area contributed by atoms with E-state index in [9.17, 15) is 4.79 Å². The summed E-state index contributed by atoms with van der Waals surface area (Å²) in [6.07, 6.45) is 3.33. The number of hydrogen-bond donors (Lipinski definition) is 1. The Morgan fingerprint density at radius 3 is 2.93 bits per heavy atom. The molecule has 0 bridgehead atoms. The number of pyridine rings is 1. The minimum Gasteiger partial charge on any atom is -0.480 e. The second kappa shape index (κ2) is 4.98. The molecule has 1 aliphatic rings. The number of aliphatic carboxylic acids is 1. The summed E-state index contributed by atoms with van der Waals surface area (Å²) in [6, 6.07) is 5.15. The highest BCUT2D eigenvalue weighted by Gasteiger charge is 2.30. The Labute approximate surface area is 94.3 Å². The van der Waals surface area contributed by atoms with Crippen molar-refractivity contribution in [1.82, 2.24) is 4.98 Å². The van der Waals surface area contributed by atoms with Crippen molar-refractivity contribution in [2.24, 2.45) is 0 Å². The second-order valence-corrected chi connectivity index (χ2v) is 3.38. The fourth-order valence-electron chi connectivity index (χ4n) is 1.82. The van der Waals surface area contributed by atoms with Crippen molar-refractivity contribution in [2.75, 3.05) is 11.4 Å². The minimum absolute atomic E-state index is 0. The van der Waals surface area contributed by atoms with Crippen LogP contribution in [0.2, 0.25) is 0 Å². The summed E-state index contributed by atoms with van der Waals surface area (Å²) in [5, 5.41) is 8.98. The van der Waals surface area contributed by atoms with Crippen molar-refractivity contribution >= 4 is 24.2 Å². The van der Waals surface area contributed by atoms with Crippen molar-refractivity contribution < 1.29 is 9.90 Å². The van der Waals surface area contributed by atoms with E-state index in [0.717, 1.165) is 18.8 Å². The van der Waals surface area contributed by atoms with Crippen LogP contribution in [0.4, 0.5) is 5.82 Å². The number of rotatable bonds is 2. The van der Waals surface area contributed by atoms with E-state index in [0.29, 0.717) is 6.42 Å². The molecule has 1 saturated heterocycles. The quantitative estimate of drug-likeness (QED) is 0.835. The third kappa shape index (κ3) is 2.39. The molecule has 5 heteroatoms. The van der Waals surface area contributed by atoms with Crippen LogP contribution in [0.5, 0.6) is 0 Å². The van der Waals surface area contributed by atoms with Gasteiger partial charge in [0.15, 0.2) is 0 Å². The lowest BCUT2D eigenvalue weighted by molar-refractivity contribution is -0.138. The van der Waals surface area contributed by atoms with Gasteiger partial charge in [-0.25, -0.2) is 9.78 Å². The Balaban J connectivity index is 0.00000112. The third-order valence-corrected chi connectivity index (χ3v) is 2.48. The van der Waals surface area contributed by atoms with Crippen LogP contribution in [0.1, 0.15) is 12.8 Å². The van der Waals surface area contributed by atoms with Crippen molar-refractivity contribution in [1.29, 1.82) is 0 Å². The molecule has 4 nitrogen and oxygen atoms in total. The first kappa shape index (κ1) is 11.8. The predicted molar refractivity (Wildman–Crippen MR) is 59.5 cm³/mol. The van der Waals surface area contributed by atoms with E-state index in [2.05, 4.69) is 4.98 Å². The molecule has 0 aliphatic carbocycles. The zero-order valence-electron chi connectivity index (χ0n) is 8.17. The minimum atomic E-state index is -0.756. The maximum Gasteiger partial charge on any atom is 0.326 e. The van der Waals surface area contributed by atoms with Gasteiger partial charge in [0.25, 0.3) is 0 Å². The van der Waals surface area contributed by atoms with E-state index in [1.54, 1.807) is 6.20 Å². The van der Waals surface area contributed by atoms with Gasteiger partial charge in [0, 0.05) is 12.7 Å².